The molecule has 4 aromatic carbocycles. The van der Waals surface area contributed by atoms with Crippen LogP contribution in [0, 0.1) is 0 Å². The van der Waals surface area contributed by atoms with Gasteiger partial charge in [0.05, 0.1) is 0 Å². The van der Waals surface area contributed by atoms with E-state index in [1.54, 1.807) is 0 Å². The lowest BCUT2D eigenvalue weighted by Crippen LogP contribution is -2.02. The van der Waals surface area contributed by atoms with Gasteiger partial charge in [-0.05, 0) is 63.1 Å². The predicted octanol–water partition coefficient (Wildman–Crippen LogP) is 6.87. The molecule has 0 heterocycles. The van der Waals surface area contributed by atoms with Crippen molar-refractivity contribution in [3.05, 3.63) is 95.6 Å². The molecule has 0 bridgehead atoms. The van der Waals surface area contributed by atoms with E-state index >= 15 is 0 Å². The first kappa shape index (κ1) is 14.5. The van der Waals surface area contributed by atoms with Gasteiger partial charge in [-0.1, -0.05) is 84.9 Å². The van der Waals surface area contributed by atoms with E-state index in [9.17, 15) is 0 Å². The van der Waals surface area contributed by atoms with Crippen molar-refractivity contribution in [1.29, 1.82) is 0 Å². The van der Waals surface area contributed by atoms with E-state index in [1.807, 2.05) is 0 Å². The topological polar surface area (TPSA) is 0 Å². The summed E-state index contributed by atoms with van der Waals surface area (Å²) in [5.41, 5.74) is 5.74. The van der Waals surface area contributed by atoms with Gasteiger partial charge in [0.1, 0.15) is 0 Å². The molecular formula is C25H20. The molecule has 0 aromatic heterocycles. The normalized spacial score (nSPS) is 15.6. The summed E-state index contributed by atoms with van der Waals surface area (Å²) in [6, 6.07) is 28.7. The molecule has 4 aromatic rings. The molecule has 0 saturated heterocycles. The molecule has 25 heavy (non-hydrogen) atoms. The second-order valence-corrected chi connectivity index (χ2v) is 6.91. The van der Waals surface area contributed by atoms with Crippen molar-refractivity contribution in [3.8, 4) is 0 Å². The summed E-state index contributed by atoms with van der Waals surface area (Å²) in [6.45, 7) is 0. The molecule has 0 heteroatoms. The van der Waals surface area contributed by atoms with Crippen LogP contribution in [-0.2, 0) is 6.42 Å². The number of hydrogen-bond donors (Lipinski definition) is 0. The van der Waals surface area contributed by atoms with Crippen LogP contribution in [0.25, 0.3) is 33.2 Å². The number of benzene rings is 4. The minimum atomic E-state index is 1.17. The lowest BCUT2D eigenvalue weighted by atomic mass is 9.83. The minimum Gasteiger partial charge on any atom is -0.0622 e. The fourth-order valence-electron chi connectivity index (χ4n) is 4.21. The fraction of sp³-hybridized carbons (Fsp3) is 0.120. The van der Waals surface area contributed by atoms with E-state index in [-0.39, 0.29) is 0 Å². The molecule has 0 saturated carbocycles. The second kappa shape index (κ2) is 5.89. The molecular weight excluding hydrogens is 300 g/mol. The summed E-state index contributed by atoms with van der Waals surface area (Å²) < 4.78 is 0. The molecule has 0 fully saturated rings. The van der Waals surface area contributed by atoms with Crippen LogP contribution in [-0.4, -0.2) is 0 Å². The van der Waals surface area contributed by atoms with Crippen LogP contribution in [0.1, 0.15) is 29.5 Å². The standard InChI is InChI=1S/C25H20/c1-2-7-18(8-3-1)17-20-10-6-12-23-22(20)15-16-24-21-11-5-4-9-19(21)13-14-25(23)24/h1-5,7-9,11,13-17H,6,10,12H2. The van der Waals surface area contributed by atoms with Crippen molar-refractivity contribution < 1.29 is 0 Å². The highest BCUT2D eigenvalue weighted by molar-refractivity contribution is 6.09. The van der Waals surface area contributed by atoms with Crippen molar-refractivity contribution in [2.24, 2.45) is 0 Å². The SMILES string of the molecule is C(=C1CCCc2c1ccc1c2ccc2ccccc21)c1ccccc1. The molecule has 120 valence electrons. The molecule has 0 amide bonds. The van der Waals surface area contributed by atoms with Crippen LogP contribution < -0.4 is 0 Å². The Balaban J connectivity index is 1.74. The van der Waals surface area contributed by atoms with Gasteiger partial charge < -0.3 is 0 Å². The number of aryl methyl sites for hydroxylation is 1. The first-order valence-corrected chi connectivity index (χ1v) is 9.09. The zero-order chi connectivity index (χ0) is 16.6. The van der Waals surface area contributed by atoms with Gasteiger partial charge in [0.25, 0.3) is 0 Å². The Morgan fingerprint density at radius 3 is 2.32 bits per heavy atom. The maximum Gasteiger partial charge on any atom is -0.0102 e. The van der Waals surface area contributed by atoms with Gasteiger partial charge in [-0.2, -0.15) is 0 Å². The smallest absolute Gasteiger partial charge is 0.0102 e. The molecule has 0 aliphatic heterocycles. The third-order valence-corrected chi connectivity index (χ3v) is 5.40. The second-order valence-electron chi connectivity index (χ2n) is 6.91. The summed E-state index contributed by atoms with van der Waals surface area (Å²) in [7, 11) is 0. The lowest BCUT2D eigenvalue weighted by Gasteiger charge is -2.22. The van der Waals surface area contributed by atoms with Crippen LogP contribution >= 0.6 is 0 Å². The van der Waals surface area contributed by atoms with Gasteiger partial charge in [-0.25, -0.2) is 0 Å². The van der Waals surface area contributed by atoms with Crippen LogP contribution in [0.4, 0.5) is 0 Å². The van der Waals surface area contributed by atoms with E-state index in [4.69, 9.17) is 0 Å². The van der Waals surface area contributed by atoms with E-state index in [0.29, 0.717) is 0 Å². The highest BCUT2D eigenvalue weighted by Gasteiger charge is 2.17. The monoisotopic (exact) mass is 320 g/mol. The molecule has 0 nitrogen and oxygen atoms in total. The predicted molar refractivity (Wildman–Crippen MR) is 109 cm³/mol. The molecule has 0 atom stereocenters. The van der Waals surface area contributed by atoms with Crippen LogP contribution in [0.5, 0.6) is 0 Å². The average Bonchev–Trinajstić information content (AvgIpc) is 2.68. The van der Waals surface area contributed by atoms with Gasteiger partial charge in [-0.3, -0.25) is 0 Å². The molecule has 0 unspecified atom stereocenters. The van der Waals surface area contributed by atoms with Crippen LogP contribution in [0.3, 0.4) is 0 Å². The number of fused-ring (bicyclic) bond motifs is 5. The van der Waals surface area contributed by atoms with Gasteiger partial charge in [0, 0.05) is 0 Å². The third kappa shape index (κ3) is 2.46. The molecule has 0 N–H and O–H groups in total. The Hall–Kier alpha value is -2.86. The summed E-state index contributed by atoms with van der Waals surface area (Å²) in [5, 5.41) is 5.50. The maximum atomic E-state index is 2.37. The number of allylic oxidation sites excluding steroid dienone is 1. The molecule has 5 rings (SSSR count). The van der Waals surface area contributed by atoms with Crippen molar-refractivity contribution in [3.63, 3.8) is 0 Å². The number of rotatable bonds is 1. The van der Waals surface area contributed by atoms with Crippen molar-refractivity contribution in [2.45, 2.75) is 19.3 Å². The first-order valence-electron chi connectivity index (χ1n) is 9.09. The average molecular weight is 320 g/mol. The zero-order valence-corrected chi connectivity index (χ0v) is 14.2. The van der Waals surface area contributed by atoms with E-state index in [2.05, 4.69) is 84.9 Å². The Bertz CT molecular complexity index is 1100. The van der Waals surface area contributed by atoms with E-state index < -0.39 is 0 Å². The van der Waals surface area contributed by atoms with Crippen molar-refractivity contribution in [1.82, 2.24) is 0 Å². The van der Waals surface area contributed by atoms with Crippen molar-refractivity contribution >= 4 is 33.2 Å². The Morgan fingerprint density at radius 2 is 1.40 bits per heavy atom. The van der Waals surface area contributed by atoms with Crippen LogP contribution in [0.15, 0.2) is 78.9 Å². The molecule has 0 spiro atoms. The maximum absolute atomic E-state index is 2.37. The van der Waals surface area contributed by atoms with Crippen molar-refractivity contribution in [2.75, 3.05) is 0 Å². The summed E-state index contributed by atoms with van der Waals surface area (Å²) in [4.78, 5) is 0. The summed E-state index contributed by atoms with van der Waals surface area (Å²) in [6.07, 6.45) is 5.95. The molecule has 1 aliphatic rings. The third-order valence-electron chi connectivity index (χ3n) is 5.40. The highest BCUT2D eigenvalue weighted by atomic mass is 14.2. The van der Waals surface area contributed by atoms with E-state index in [1.165, 1.54) is 63.1 Å². The quantitative estimate of drug-likeness (QED) is 0.336. The first-order chi connectivity index (χ1) is 12.4. The minimum absolute atomic E-state index is 1.17. The van der Waals surface area contributed by atoms with Crippen LogP contribution in [0.2, 0.25) is 0 Å². The summed E-state index contributed by atoms with van der Waals surface area (Å²) >= 11 is 0. The van der Waals surface area contributed by atoms with Gasteiger partial charge in [-0.15, -0.1) is 0 Å². The van der Waals surface area contributed by atoms with E-state index in [0.717, 1.165) is 0 Å². The molecule has 1 aliphatic carbocycles. The fourth-order valence-corrected chi connectivity index (χ4v) is 4.21. The Labute approximate surface area is 148 Å². The van der Waals surface area contributed by atoms with Gasteiger partial charge >= 0.3 is 0 Å². The lowest BCUT2D eigenvalue weighted by molar-refractivity contribution is 0.831. The highest BCUT2D eigenvalue weighted by Crippen LogP contribution is 2.38. The number of hydrogen-bond acceptors (Lipinski definition) is 0. The largest absolute Gasteiger partial charge is 0.0622 e. The summed E-state index contributed by atoms with van der Waals surface area (Å²) in [5.74, 6) is 0. The van der Waals surface area contributed by atoms with Gasteiger partial charge in [0.15, 0.2) is 0 Å². The Kier molecular flexibility index (Phi) is 3.41. The molecule has 0 radical (unpaired) electrons. The van der Waals surface area contributed by atoms with Gasteiger partial charge in [0.2, 0.25) is 0 Å². The zero-order valence-electron chi connectivity index (χ0n) is 14.2. The Morgan fingerprint density at radius 1 is 0.600 bits per heavy atom.